The smallest absolute Gasteiger partial charge is 0.492 e. The van der Waals surface area contributed by atoms with Gasteiger partial charge in [0.1, 0.15) is 17.2 Å². The van der Waals surface area contributed by atoms with E-state index in [0.29, 0.717) is 23.4 Å². The minimum atomic E-state index is -0.705. The molecule has 1 aliphatic rings. The molecular weight excluding hydrogens is 388 g/mol. The van der Waals surface area contributed by atoms with Gasteiger partial charge in [-0.2, -0.15) is 0 Å². The van der Waals surface area contributed by atoms with Gasteiger partial charge >= 0.3 is 13.2 Å². The summed E-state index contributed by atoms with van der Waals surface area (Å²) >= 11 is 0. The van der Waals surface area contributed by atoms with Crippen molar-refractivity contribution in [2.24, 2.45) is 0 Å². The number of halogens is 1. The van der Waals surface area contributed by atoms with Gasteiger partial charge in [0.05, 0.1) is 17.8 Å². The zero-order chi connectivity index (χ0) is 22.7. The monoisotopic (exact) mass is 421 g/mol. The van der Waals surface area contributed by atoms with Crippen LogP contribution in [0.1, 0.15) is 61.0 Å². The maximum Gasteiger partial charge on any atom is 0.492 e. The average molecular weight is 421 g/mol. The maximum absolute atomic E-state index is 14.1. The number of nitrogens with one attached hydrogen (secondary N) is 1. The predicted molar refractivity (Wildman–Crippen MR) is 116 cm³/mol. The first-order valence-corrected chi connectivity index (χ1v) is 10.2. The number of benzene rings is 1. The molecule has 0 aliphatic carbocycles. The van der Waals surface area contributed by atoms with Gasteiger partial charge in [-0.05, 0) is 78.6 Å². The molecule has 8 heteroatoms. The van der Waals surface area contributed by atoms with Crippen molar-refractivity contribution in [3.63, 3.8) is 0 Å². The molecule has 1 N–H and O–H groups in total. The quantitative estimate of drug-likeness (QED) is 0.671. The summed E-state index contributed by atoms with van der Waals surface area (Å²) in [5.74, 6) is 0.0117. The number of alkyl carbamates (subject to hydrolysis) is 1. The van der Waals surface area contributed by atoms with E-state index in [4.69, 9.17) is 18.8 Å². The highest BCUT2D eigenvalue weighted by molar-refractivity contribution is 6.56. The average Bonchev–Trinajstić information content (AvgIpc) is 2.77. The Kier molecular flexibility index (Phi) is 7.25. The van der Waals surface area contributed by atoms with Gasteiger partial charge in [-0.15, -0.1) is 0 Å². The SMILES string of the molecule is CCOc1cc(F)cc(C=C(CNC(=O)OC(C)(C)C)B2OC(C)(C)C(C)(C)O2)c1. The van der Waals surface area contributed by atoms with E-state index in [-0.39, 0.29) is 6.54 Å². The minimum absolute atomic E-state index is 0.117. The van der Waals surface area contributed by atoms with Crippen molar-refractivity contribution < 1.29 is 28.0 Å². The van der Waals surface area contributed by atoms with E-state index in [1.54, 1.807) is 32.9 Å². The maximum atomic E-state index is 14.1. The number of carbonyl (C=O) groups is 1. The lowest BCUT2D eigenvalue weighted by Crippen LogP contribution is -2.41. The highest BCUT2D eigenvalue weighted by Gasteiger charge is 2.52. The molecule has 0 spiro atoms. The molecule has 0 bridgehead atoms. The standard InChI is InChI=1S/C22H33BFNO5/c1-9-27-18-12-15(11-17(24)13-18)10-16(14-25-19(26)28-20(2,3)4)23-29-21(5,6)22(7,8)30-23/h10-13H,9,14H2,1-8H3,(H,25,26). The summed E-state index contributed by atoms with van der Waals surface area (Å²) in [6.45, 7) is 15.5. The van der Waals surface area contributed by atoms with Gasteiger partial charge in [0.15, 0.2) is 0 Å². The Morgan fingerprint density at radius 1 is 1.17 bits per heavy atom. The molecule has 0 saturated carbocycles. The fraction of sp³-hybridized carbons (Fsp3) is 0.591. The lowest BCUT2D eigenvalue weighted by molar-refractivity contribution is 0.00578. The summed E-state index contributed by atoms with van der Waals surface area (Å²) in [6, 6.07) is 4.45. The summed E-state index contributed by atoms with van der Waals surface area (Å²) in [5.41, 5.74) is -0.517. The predicted octanol–water partition coefficient (Wildman–Crippen LogP) is 4.76. The van der Waals surface area contributed by atoms with Crippen LogP contribution in [0.15, 0.2) is 23.7 Å². The molecule has 1 fully saturated rings. The van der Waals surface area contributed by atoms with Crippen LogP contribution in [0.2, 0.25) is 0 Å². The summed E-state index contributed by atoms with van der Waals surface area (Å²) < 4.78 is 37.1. The fourth-order valence-corrected chi connectivity index (χ4v) is 2.82. The van der Waals surface area contributed by atoms with Crippen LogP contribution in [0.4, 0.5) is 9.18 Å². The van der Waals surface area contributed by atoms with Crippen LogP contribution in [0, 0.1) is 5.82 Å². The summed E-state index contributed by atoms with van der Waals surface area (Å²) in [5, 5.41) is 2.73. The molecule has 6 nitrogen and oxygen atoms in total. The van der Waals surface area contributed by atoms with Crippen molar-refractivity contribution in [1.29, 1.82) is 0 Å². The number of hydrogen-bond donors (Lipinski definition) is 1. The van der Waals surface area contributed by atoms with E-state index in [2.05, 4.69) is 5.32 Å². The van der Waals surface area contributed by atoms with Crippen molar-refractivity contribution in [2.75, 3.05) is 13.2 Å². The van der Waals surface area contributed by atoms with E-state index in [9.17, 15) is 9.18 Å². The third-order valence-corrected chi connectivity index (χ3v) is 4.95. The highest BCUT2D eigenvalue weighted by atomic mass is 19.1. The van der Waals surface area contributed by atoms with Crippen molar-refractivity contribution in [3.8, 4) is 5.75 Å². The van der Waals surface area contributed by atoms with Crippen LogP contribution >= 0.6 is 0 Å². The van der Waals surface area contributed by atoms with Crippen molar-refractivity contribution >= 4 is 19.3 Å². The largest absolute Gasteiger partial charge is 0.494 e. The zero-order valence-electron chi connectivity index (χ0n) is 19.2. The Labute approximate surface area is 179 Å². The van der Waals surface area contributed by atoms with Crippen molar-refractivity contribution in [2.45, 2.75) is 72.2 Å². The normalized spacial score (nSPS) is 18.3. The van der Waals surface area contributed by atoms with E-state index < -0.39 is 35.8 Å². The molecular formula is C22H33BFNO5. The molecule has 1 aromatic carbocycles. The van der Waals surface area contributed by atoms with E-state index in [1.165, 1.54) is 12.1 Å². The molecule has 1 saturated heterocycles. The number of rotatable bonds is 6. The van der Waals surface area contributed by atoms with Gasteiger partial charge in [0, 0.05) is 12.6 Å². The second kappa shape index (κ2) is 8.98. The Morgan fingerprint density at radius 3 is 2.30 bits per heavy atom. The van der Waals surface area contributed by atoms with Gasteiger partial charge < -0.3 is 24.1 Å². The number of ether oxygens (including phenoxy) is 2. The van der Waals surface area contributed by atoms with Gasteiger partial charge in [0.2, 0.25) is 0 Å². The Bertz CT molecular complexity index is 785. The van der Waals surface area contributed by atoms with Crippen LogP contribution in [0.25, 0.3) is 6.08 Å². The van der Waals surface area contributed by atoms with E-state index >= 15 is 0 Å². The van der Waals surface area contributed by atoms with Crippen LogP contribution in [-0.4, -0.2) is 43.2 Å². The second-order valence-corrected chi connectivity index (χ2v) is 9.32. The molecule has 166 valence electrons. The van der Waals surface area contributed by atoms with Gasteiger partial charge in [-0.3, -0.25) is 0 Å². The minimum Gasteiger partial charge on any atom is -0.494 e. The summed E-state index contributed by atoms with van der Waals surface area (Å²) in [7, 11) is -0.705. The molecule has 30 heavy (non-hydrogen) atoms. The molecule has 0 aromatic heterocycles. The lowest BCUT2D eigenvalue weighted by Gasteiger charge is -2.32. The van der Waals surface area contributed by atoms with Crippen LogP contribution in [0.3, 0.4) is 0 Å². The lowest BCUT2D eigenvalue weighted by atomic mass is 9.77. The van der Waals surface area contributed by atoms with Crippen molar-refractivity contribution in [1.82, 2.24) is 5.32 Å². The van der Waals surface area contributed by atoms with Crippen LogP contribution < -0.4 is 10.1 Å². The van der Waals surface area contributed by atoms with Crippen LogP contribution in [0.5, 0.6) is 5.75 Å². The molecule has 1 amide bonds. The molecule has 1 heterocycles. The van der Waals surface area contributed by atoms with E-state index in [1.807, 2.05) is 34.6 Å². The van der Waals surface area contributed by atoms with Gasteiger partial charge in [-0.25, -0.2) is 9.18 Å². The second-order valence-electron chi connectivity index (χ2n) is 9.32. The van der Waals surface area contributed by atoms with Crippen molar-refractivity contribution in [3.05, 3.63) is 35.1 Å². The number of amides is 1. The zero-order valence-corrected chi connectivity index (χ0v) is 19.2. The van der Waals surface area contributed by atoms with Gasteiger partial charge in [0.25, 0.3) is 0 Å². The number of hydrogen-bond acceptors (Lipinski definition) is 5. The third-order valence-electron chi connectivity index (χ3n) is 4.95. The molecule has 1 aromatic rings. The molecule has 0 atom stereocenters. The molecule has 0 radical (unpaired) electrons. The molecule has 0 unspecified atom stereocenters. The van der Waals surface area contributed by atoms with E-state index in [0.717, 1.165) is 0 Å². The third kappa shape index (κ3) is 6.47. The molecule has 1 aliphatic heterocycles. The van der Waals surface area contributed by atoms with Crippen LogP contribution in [-0.2, 0) is 14.0 Å². The highest BCUT2D eigenvalue weighted by Crippen LogP contribution is 2.38. The summed E-state index contributed by atoms with van der Waals surface area (Å²) in [6.07, 6.45) is 1.18. The molecule has 2 rings (SSSR count). The Hall–Kier alpha value is -2.06. The topological polar surface area (TPSA) is 66.0 Å². The fourth-order valence-electron chi connectivity index (χ4n) is 2.82. The first kappa shape index (κ1) is 24.2. The number of carbonyl (C=O) groups excluding carboxylic acids is 1. The summed E-state index contributed by atoms with van der Waals surface area (Å²) in [4.78, 5) is 12.2. The van der Waals surface area contributed by atoms with Gasteiger partial charge in [-0.1, -0.05) is 6.08 Å². The Morgan fingerprint density at radius 2 is 1.77 bits per heavy atom. The first-order valence-electron chi connectivity index (χ1n) is 10.2. The first-order chi connectivity index (χ1) is 13.7. The Balaban J connectivity index is 2.32.